The molecule has 6 nitrogen and oxygen atoms in total. The molecule has 0 aliphatic carbocycles. The average molecular weight is 355 g/mol. The second-order valence-electron chi connectivity index (χ2n) is 5.75. The standard InChI is InChI=1S/C20H21NO5/c1-13(22)15-8-6-9-17(11-15)21-20(24)14(2)26-19(23)12-16-7-4-5-10-18(16)25-3/h4-11,14H,12H2,1-3H3,(H,21,24)/t14-/m0/s1. The molecule has 0 saturated heterocycles. The number of carbonyl (C=O) groups is 3. The lowest BCUT2D eigenvalue weighted by molar-refractivity contribution is -0.152. The quantitative estimate of drug-likeness (QED) is 0.610. The highest BCUT2D eigenvalue weighted by atomic mass is 16.5. The molecule has 1 atom stereocenters. The van der Waals surface area contributed by atoms with Gasteiger partial charge in [0.05, 0.1) is 13.5 Å². The molecular weight excluding hydrogens is 334 g/mol. The Morgan fingerprint density at radius 3 is 2.50 bits per heavy atom. The Morgan fingerprint density at radius 1 is 1.08 bits per heavy atom. The van der Waals surface area contributed by atoms with E-state index in [2.05, 4.69) is 5.32 Å². The lowest BCUT2D eigenvalue weighted by Crippen LogP contribution is -2.30. The summed E-state index contributed by atoms with van der Waals surface area (Å²) in [4.78, 5) is 35.7. The van der Waals surface area contributed by atoms with Crippen molar-refractivity contribution in [2.75, 3.05) is 12.4 Å². The van der Waals surface area contributed by atoms with Crippen LogP contribution in [0.3, 0.4) is 0 Å². The minimum atomic E-state index is -0.974. The number of rotatable bonds is 7. The molecule has 2 aromatic carbocycles. The molecule has 0 heterocycles. The molecule has 0 unspecified atom stereocenters. The minimum absolute atomic E-state index is 0.00144. The number of nitrogens with one attached hydrogen (secondary N) is 1. The second-order valence-corrected chi connectivity index (χ2v) is 5.75. The highest BCUT2D eigenvalue weighted by Gasteiger charge is 2.19. The van der Waals surface area contributed by atoms with Gasteiger partial charge in [-0.05, 0) is 32.0 Å². The molecule has 0 bridgehead atoms. The smallest absolute Gasteiger partial charge is 0.311 e. The van der Waals surface area contributed by atoms with Crippen molar-refractivity contribution < 1.29 is 23.9 Å². The fourth-order valence-electron chi connectivity index (χ4n) is 2.36. The number of hydrogen-bond donors (Lipinski definition) is 1. The van der Waals surface area contributed by atoms with Crippen LogP contribution in [0.5, 0.6) is 5.75 Å². The van der Waals surface area contributed by atoms with Gasteiger partial charge >= 0.3 is 5.97 Å². The summed E-state index contributed by atoms with van der Waals surface area (Å²) in [5, 5.41) is 2.64. The van der Waals surface area contributed by atoms with Crippen molar-refractivity contribution in [1.82, 2.24) is 0 Å². The molecule has 0 fully saturated rings. The molecule has 0 aliphatic rings. The predicted molar refractivity (Wildman–Crippen MR) is 97.3 cm³/mol. The molecule has 0 saturated carbocycles. The number of ketones is 1. The van der Waals surface area contributed by atoms with Crippen LogP contribution in [-0.4, -0.2) is 30.9 Å². The molecule has 26 heavy (non-hydrogen) atoms. The lowest BCUT2D eigenvalue weighted by atomic mass is 10.1. The lowest BCUT2D eigenvalue weighted by Gasteiger charge is -2.14. The summed E-state index contributed by atoms with van der Waals surface area (Å²) in [7, 11) is 1.52. The maximum Gasteiger partial charge on any atom is 0.311 e. The van der Waals surface area contributed by atoms with E-state index in [-0.39, 0.29) is 12.2 Å². The van der Waals surface area contributed by atoms with Gasteiger partial charge in [0.25, 0.3) is 5.91 Å². The minimum Gasteiger partial charge on any atom is -0.496 e. The first kappa shape index (κ1) is 19.2. The van der Waals surface area contributed by atoms with E-state index in [1.165, 1.54) is 21.0 Å². The van der Waals surface area contributed by atoms with Crippen LogP contribution in [0.2, 0.25) is 0 Å². The van der Waals surface area contributed by atoms with Gasteiger partial charge in [-0.25, -0.2) is 0 Å². The van der Waals surface area contributed by atoms with Gasteiger partial charge < -0.3 is 14.8 Å². The number of carbonyl (C=O) groups excluding carboxylic acids is 3. The molecule has 2 aromatic rings. The third kappa shape index (κ3) is 5.17. The van der Waals surface area contributed by atoms with Gasteiger partial charge in [0.15, 0.2) is 11.9 Å². The van der Waals surface area contributed by atoms with Crippen LogP contribution in [0, 0.1) is 0 Å². The van der Waals surface area contributed by atoms with Crippen LogP contribution < -0.4 is 10.1 Å². The molecule has 136 valence electrons. The predicted octanol–water partition coefficient (Wildman–Crippen LogP) is 3.01. The van der Waals surface area contributed by atoms with Gasteiger partial charge in [-0.3, -0.25) is 14.4 Å². The third-order valence-corrected chi connectivity index (χ3v) is 3.74. The Bertz CT molecular complexity index is 815. The Hall–Kier alpha value is -3.15. The fraction of sp³-hybridized carbons (Fsp3) is 0.250. The van der Waals surface area contributed by atoms with Gasteiger partial charge in [-0.2, -0.15) is 0 Å². The van der Waals surface area contributed by atoms with Crippen LogP contribution >= 0.6 is 0 Å². The molecular formula is C20H21NO5. The van der Waals surface area contributed by atoms with Gasteiger partial charge in [0.1, 0.15) is 5.75 Å². The van der Waals surface area contributed by atoms with Crippen molar-refractivity contribution in [1.29, 1.82) is 0 Å². The van der Waals surface area contributed by atoms with E-state index in [0.717, 1.165) is 0 Å². The summed E-state index contributed by atoms with van der Waals surface area (Å²) in [5.74, 6) is -0.520. The summed E-state index contributed by atoms with van der Waals surface area (Å²) in [5.41, 5.74) is 1.64. The maximum absolute atomic E-state index is 12.2. The Labute approximate surface area is 152 Å². The van der Waals surface area contributed by atoms with E-state index < -0.39 is 18.0 Å². The molecule has 0 spiro atoms. The first-order chi connectivity index (χ1) is 12.4. The summed E-state index contributed by atoms with van der Waals surface area (Å²) in [6.45, 7) is 2.94. The number of anilines is 1. The van der Waals surface area contributed by atoms with Crippen molar-refractivity contribution in [3.05, 3.63) is 59.7 Å². The zero-order valence-electron chi connectivity index (χ0n) is 14.9. The van der Waals surface area contributed by atoms with Crippen LogP contribution in [0.15, 0.2) is 48.5 Å². The number of esters is 1. The number of para-hydroxylation sites is 1. The fourth-order valence-corrected chi connectivity index (χ4v) is 2.36. The van der Waals surface area contributed by atoms with Gasteiger partial charge in [0.2, 0.25) is 0 Å². The SMILES string of the molecule is COc1ccccc1CC(=O)O[C@@H](C)C(=O)Nc1cccc(C(C)=O)c1. The van der Waals surface area contributed by atoms with Gasteiger partial charge in [-0.1, -0.05) is 30.3 Å². The van der Waals surface area contributed by atoms with E-state index in [0.29, 0.717) is 22.6 Å². The molecule has 0 aromatic heterocycles. The summed E-state index contributed by atoms with van der Waals surface area (Å²) >= 11 is 0. The highest BCUT2D eigenvalue weighted by molar-refractivity contribution is 5.98. The Balaban J connectivity index is 1.95. The zero-order chi connectivity index (χ0) is 19.1. The normalized spacial score (nSPS) is 11.3. The van der Waals surface area contributed by atoms with E-state index in [4.69, 9.17) is 9.47 Å². The summed E-state index contributed by atoms with van der Waals surface area (Å²) in [6, 6.07) is 13.7. The van der Waals surface area contributed by atoms with Crippen molar-refractivity contribution in [3.63, 3.8) is 0 Å². The van der Waals surface area contributed by atoms with Crippen molar-refractivity contribution in [2.24, 2.45) is 0 Å². The third-order valence-electron chi connectivity index (χ3n) is 3.74. The number of hydrogen-bond acceptors (Lipinski definition) is 5. The van der Waals surface area contributed by atoms with Gasteiger partial charge in [-0.15, -0.1) is 0 Å². The highest BCUT2D eigenvalue weighted by Crippen LogP contribution is 2.18. The Morgan fingerprint density at radius 2 is 1.81 bits per heavy atom. The van der Waals surface area contributed by atoms with Crippen molar-refractivity contribution in [2.45, 2.75) is 26.4 Å². The number of amides is 1. The van der Waals surface area contributed by atoms with Gasteiger partial charge in [0, 0.05) is 16.8 Å². The monoisotopic (exact) mass is 355 g/mol. The average Bonchev–Trinajstić information content (AvgIpc) is 2.62. The first-order valence-corrected chi connectivity index (χ1v) is 8.14. The molecule has 1 amide bonds. The first-order valence-electron chi connectivity index (χ1n) is 8.14. The van der Waals surface area contributed by atoms with Crippen LogP contribution in [0.4, 0.5) is 5.69 Å². The largest absolute Gasteiger partial charge is 0.496 e. The summed E-state index contributed by atoms with van der Waals surface area (Å²) in [6.07, 6.45) is -0.972. The van der Waals surface area contributed by atoms with Crippen molar-refractivity contribution >= 4 is 23.3 Å². The molecule has 0 radical (unpaired) electrons. The van der Waals surface area contributed by atoms with E-state index >= 15 is 0 Å². The number of methoxy groups -OCH3 is 1. The number of benzene rings is 2. The van der Waals surface area contributed by atoms with Crippen LogP contribution in [0.1, 0.15) is 29.8 Å². The van der Waals surface area contributed by atoms with Crippen LogP contribution in [0.25, 0.3) is 0 Å². The molecule has 1 N–H and O–H groups in total. The number of ether oxygens (including phenoxy) is 2. The zero-order valence-corrected chi connectivity index (χ0v) is 14.9. The molecule has 0 aliphatic heterocycles. The van der Waals surface area contributed by atoms with E-state index in [9.17, 15) is 14.4 Å². The van der Waals surface area contributed by atoms with E-state index in [1.54, 1.807) is 48.5 Å². The Kier molecular flexibility index (Phi) is 6.49. The second kappa shape index (κ2) is 8.80. The van der Waals surface area contributed by atoms with Crippen LogP contribution in [-0.2, 0) is 20.7 Å². The van der Waals surface area contributed by atoms with E-state index in [1.807, 2.05) is 0 Å². The maximum atomic E-state index is 12.2. The molecule has 2 rings (SSSR count). The topological polar surface area (TPSA) is 81.7 Å². The van der Waals surface area contributed by atoms with Crippen molar-refractivity contribution in [3.8, 4) is 5.75 Å². The molecule has 6 heteroatoms. The number of Topliss-reactive ketones (excluding diaryl/α,β-unsaturated/α-hetero) is 1. The summed E-state index contributed by atoms with van der Waals surface area (Å²) < 4.78 is 10.4.